The number of carbonyl (C=O) groups is 2. The van der Waals surface area contributed by atoms with Crippen LogP contribution in [0, 0.1) is 0 Å². The molecule has 0 saturated carbocycles. The number of nitrogens with zero attached hydrogens (tertiary/aromatic N) is 1. The fourth-order valence-electron chi connectivity index (χ4n) is 2.74. The zero-order valence-corrected chi connectivity index (χ0v) is 11.7. The second-order valence-corrected chi connectivity index (χ2v) is 4.84. The number of hydrogen-bond donors (Lipinski definition) is 1. The molecular formula is C15H14N2O4. The van der Waals surface area contributed by atoms with Gasteiger partial charge in [-0.15, -0.1) is 0 Å². The first-order chi connectivity index (χ1) is 10.1. The van der Waals surface area contributed by atoms with Crippen LogP contribution < -0.4 is 5.32 Å². The third kappa shape index (κ3) is 2.08. The van der Waals surface area contributed by atoms with Crippen LogP contribution in [0.4, 0.5) is 0 Å². The van der Waals surface area contributed by atoms with Crippen molar-refractivity contribution in [3.63, 3.8) is 0 Å². The normalized spacial score (nSPS) is 20.9. The number of nitrogens with one attached hydrogen (secondary N) is 1. The van der Waals surface area contributed by atoms with E-state index in [9.17, 15) is 9.59 Å². The van der Waals surface area contributed by atoms with E-state index < -0.39 is 17.9 Å². The first-order valence-corrected chi connectivity index (χ1v) is 6.49. The van der Waals surface area contributed by atoms with Crippen LogP contribution in [0.2, 0.25) is 0 Å². The molecule has 0 radical (unpaired) electrons. The van der Waals surface area contributed by atoms with E-state index >= 15 is 0 Å². The molecule has 108 valence electrons. The standard InChI is InChI=1S/C15H14N2O4/c1-8-11(14(18)20-2)12(9-3-5-16-6-4-9)13-10(17-8)7-21-15(13)19/h3-6,12,17H,7H2,1-2H3. The van der Waals surface area contributed by atoms with E-state index in [1.165, 1.54) is 7.11 Å². The van der Waals surface area contributed by atoms with Crippen molar-refractivity contribution in [1.82, 2.24) is 10.3 Å². The second-order valence-electron chi connectivity index (χ2n) is 4.84. The molecule has 21 heavy (non-hydrogen) atoms. The number of pyridine rings is 1. The Kier molecular flexibility index (Phi) is 3.21. The highest BCUT2D eigenvalue weighted by atomic mass is 16.5. The van der Waals surface area contributed by atoms with Gasteiger partial charge >= 0.3 is 11.9 Å². The summed E-state index contributed by atoms with van der Waals surface area (Å²) >= 11 is 0. The number of rotatable bonds is 2. The van der Waals surface area contributed by atoms with Crippen LogP contribution in [0.3, 0.4) is 0 Å². The Morgan fingerprint density at radius 1 is 1.43 bits per heavy atom. The summed E-state index contributed by atoms with van der Waals surface area (Å²) < 4.78 is 9.96. The number of carbonyl (C=O) groups excluding carboxylic acids is 2. The summed E-state index contributed by atoms with van der Waals surface area (Å²) in [5.74, 6) is -1.37. The topological polar surface area (TPSA) is 77.5 Å². The number of aromatic nitrogens is 1. The molecule has 1 aromatic rings. The largest absolute Gasteiger partial charge is 0.466 e. The van der Waals surface area contributed by atoms with Crippen LogP contribution in [0.1, 0.15) is 18.4 Å². The molecule has 0 fully saturated rings. The molecule has 2 aliphatic heterocycles. The highest BCUT2D eigenvalue weighted by molar-refractivity contribution is 6.01. The number of allylic oxidation sites excluding steroid dienone is 1. The maximum atomic E-state index is 12.1. The lowest BCUT2D eigenvalue weighted by Gasteiger charge is -2.27. The highest BCUT2D eigenvalue weighted by Crippen LogP contribution is 2.40. The van der Waals surface area contributed by atoms with Crippen LogP contribution >= 0.6 is 0 Å². The Labute approximate surface area is 121 Å². The van der Waals surface area contributed by atoms with Gasteiger partial charge in [0.05, 0.1) is 29.9 Å². The van der Waals surface area contributed by atoms with E-state index in [2.05, 4.69) is 10.3 Å². The molecule has 1 unspecified atom stereocenters. The minimum atomic E-state index is -0.494. The van der Waals surface area contributed by atoms with Crippen molar-refractivity contribution in [1.29, 1.82) is 0 Å². The van der Waals surface area contributed by atoms with Gasteiger partial charge in [0.2, 0.25) is 0 Å². The van der Waals surface area contributed by atoms with Gasteiger partial charge in [0.25, 0.3) is 0 Å². The molecule has 3 heterocycles. The highest BCUT2D eigenvalue weighted by Gasteiger charge is 2.41. The van der Waals surface area contributed by atoms with E-state index in [0.29, 0.717) is 22.5 Å². The van der Waals surface area contributed by atoms with E-state index in [1.807, 2.05) is 0 Å². The number of esters is 2. The Balaban J connectivity index is 2.17. The van der Waals surface area contributed by atoms with Crippen molar-refractivity contribution < 1.29 is 19.1 Å². The van der Waals surface area contributed by atoms with Crippen LogP contribution in [-0.4, -0.2) is 30.6 Å². The first kappa shape index (κ1) is 13.4. The smallest absolute Gasteiger partial charge is 0.337 e. The van der Waals surface area contributed by atoms with Crippen LogP contribution in [-0.2, 0) is 19.1 Å². The summed E-state index contributed by atoms with van der Waals surface area (Å²) in [4.78, 5) is 28.2. The number of ether oxygens (including phenoxy) is 2. The maximum absolute atomic E-state index is 12.1. The molecule has 1 aromatic heterocycles. The molecule has 6 nitrogen and oxygen atoms in total. The van der Waals surface area contributed by atoms with Crippen molar-refractivity contribution in [3.05, 3.63) is 52.6 Å². The molecule has 3 rings (SSSR count). The van der Waals surface area contributed by atoms with Gasteiger partial charge in [-0.3, -0.25) is 4.98 Å². The quantitative estimate of drug-likeness (QED) is 0.818. The third-order valence-electron chi connectivity index (χ3n) is 3.66. The summed E-state index contributed by atoms with van der Waals surface area (Å²) in [5.41, 5.74) is 3.05. The molecular weight excluding hydrogens is 272 g/mol. The number of methoxy groups -OCH3 is 1. The third-order valence-corrected chi connectivity index (χ3v) is 3.66. The first-order valence-electron chi connectivity index (χ1n) is 6.49. The Bertz CT molecular complexity index is 676. The Morgan fingerprint density at radius 2 is 2.14 bits per heavy atom. The lowest BCUT2D eigenvalue weighted by atomic mass is 9.81. The van der Waals surface area contributed by atoms with E-state index in [4.69, 9.17) is 9.47 Å². The minimum Gasteiger partial charge on any atom is -0.466 e. The van der Waals surface area contributed by atoms with Crippen molar-refractivity contribution in [2.45, 2.75) is 12.8 Å². The van der Waals surface area contributed by atoms with Gasteiger partial charge in [-0.25, -0.2) is 9.59 Å². The van der Waals surface area contributed by atoms with E-state index in [1.54, 1.807) is 31.5 Å². The second kappa shape index (κ2) is 5.05. The van der Waals surface area contributed by atoms with Gasteiger partial charge in [0, 0.05) is 18.1 Å². The molecule has 1 atom stereocenters. The summed E-state index contributed by atoms with van der Waals surface area (Å²) in [5, 5.41) is 3.07. The van der Waals surface area contributed by atoms with Gasteiger partial charge in [-0.05, 0) is 24.6 Å². The number of dihydropyridines is 1. The van der Waals surface area contributed by atoms with Crippen molar-refractivity contribution >= 4 is 11.9 Å². The minimum absolute atomic E-state index is 0.196. The number of hydrogen-bond acceptors (Lipinski definition) is 6. The van der Waals surface area contributed by atoms with Crippen LogP contribution in [0.15, 0.2) is 47.1 Å². The molecule has 1 N–H and O–H groups in total. The molecule has 0 aromatic carbocycles. The summed E-state index contributed by atoms with van der Waals surface area (Å²) in [7, 11) is 1.32. The molecule has 0 aliphatic carbocycles. The molecule has 0 spiro atoms. The lowest BCUT2D eigenvalue weighted by Crippen LogP contribution is -2.29. The summed E-state index contributed by atoms with van der Waals surface area (Å²) in [6.07, 6.45) is 3.25. The van der Waals surface area contributed by atoms with Gasteiger partial charge < -0.3 is 14.8 Å². The lowest BCUT2D eigenvalue weighted by molar-refractivity contribution is -0.136. The fourth-order valence-corrected chi connectivity index (χ4v) is 2.74. The predicted molar refractivity (Wildman–Crippen MR) is 72.8 cm³/mol. The number of cyclic esters (lactones) is 1. The SMILES string of the molecule is COC(=O)C1=C(C)NC2=C(C(=O)OC2)C1c1ccncc1. The fraction of sp³-hybridized carbons (Fsp3) is 0.267. The molecule has 0 amide bonds. The average Bonchev–Trinajstić information content (AvgIpc) is 2.87. The zero-order chi connectivity index (χ0) is 15.0. The van der Waals surface area contributed by atoms with Crippen molar-refractivity contribution in [2.24, 2.45) is 0 Å². The average molecular weight is 286 g/mol. The molecule has 0 bridgehead atoms. The summed E-state index contributed by atoms with van der Waals surface area (Å²) in [6.45, 7) is 1.98. The van der Waals surface area contributed by atoms with Gasteiger partial charge in [-0.2, -0.15) is 0 Å². The van der Waals surface area contributed by atoms with Crippen LogP contribution in [0.5, 0.6) is 0 Å². The van der Waals surface area contributed by atoms with Gasteiger partial charge in [-0.1, -0.05) is 0 Å². The van der Waals surface area contributed by atoms with E-state index in [-0.39, 0.29) is 6.61 Å². The molecule has 0 saturated heterocycles. The Hall–Kier alpha value is -2.63. The Morgan fingerprint density at radius 3 is 2.81 bits per heavy atom. The van der Waals surface area contributed by atoms with E-state index in [0.717, 1.165) is 5.56 Å². The van der Waals surface area contributed by atoms with Gasteiger partial charge in [0.15, 0.2) is 0 Å². The molecule has 2 aliphatic rings. The maximum Gasteiger partial charge on any atom is 0.337 e. The predicted octanol–water partition coefficient (Wildman–Crippen LogP) is 1.03. The summed E-state index contributed by atoms with van der Waals surface area (Å²) in [6, 6.07) is 3.56. The van der Waals surface area contributed by atoms with Crippen molar-refractivity contribution in [3.8, 4) is 0 Å². The van der Waals surface area contributed by atoms with Crippen molar-refractivity contribution in [2.75, 3.05) is 13.7 Å². The zero-order valence-electron chi connectivity index (χ0n) is 11.7. The van der Waals surface area contributed by atoms with Gasteiger partial charge in [0.1, 0.15) is 6.61 Å². The monoisotopic (exact) mass is 286 g/mol. The van der Waals surface area contributed by atoms with Crippen LogP contribution in [0.25, 0.3) is 0 Å². The molecule has 6 heteroatoms.